The third-order valence-corrected chi connectivity index (χ3v) is 5.71. The van der Waals surface area contributed by atoms with Crippen molar-refractivity contribution in [2.45, 2.75) is 19.3 Å². The normalized spacial score (nSPS) is 15.7. The van der Waals surface area contributed by atoms with Gasteiger partial charge in [-0.3, -0.25) is 0 Å². The van der Waals surface area contributed by atoms with E-state index in [0.29, 0.717) is 0 Å². The van der Waals surface area contributed by atoms with Gasteiger partial charge >= 0.3 is 0 Å². The Kier molecular flexibility index (Phi) is 3.75. The number of aliphatic hydroxyl groups is 1. The summed E-state index contributed by atoms with van der Waals surface area (Å²) in [6.45, 7) is 1.13. The molecule has 2 aromatic heterocycles. The Morgan fingerprint density at radius 3 is 2.74 bits per heavy atom. The molecule has 0 spiro atoms. The van der Waals surface area contributed by atoms with E-state index in [9.17, 15) is 5.11 Å². The summed E-state index contributed by atoms with van der Waals surface area (Å²) in [6, 6.07) is 12.5. The fraction of sp³-hybridized carbons (Fsp3) is 0.333. The molecule has 0 saturated heterocycles. The lowest BCUT2D eigenvalue weighted by Gasteiger charge is -2.15. The van der Waals surface area contributed by atoms with E-state index in [1.807, 2.05) is 6.07 Å². The number of nitrogens with one attached hydrogen (secondary N) is 1. The lowest BCUT2D eigenvalue weighted by Crippen LogP contribution is -2.17. The smallest absolute Gasteiger partial charge is 0.138 e. The van der Waals surface area contributed by atoms with Crippen LogP contribution in [0, 0.1) is 5.41 Å². The predicted octanol–water partition coefficient (Wildman–Crippen LogP) is 3.93. The van der Waals surface area contributed by atoms with Gasteiger partial charge in [0.15, 0.2) is 0 Å². The molecule has 3 aromatic rings. The fourth-order valence-electron chi connectivity index (χ4n) is 2.94. The monoisotopic (exact) mass is 325 g/mol. The van der Waals surface area contributed by atoms with Crippen molar-refractivity contribution in [1.29, 1.82) is 0 Å². The number of aliphatic hydroxyl groups excluding tert-OH is 1. The highest BCUT2D eigenvalue weighted by atomic mass is 32.1. The number of nitrogens with zero attached hydrogens (tertiary/aromatic N) is 2. The number of thiophene rings is 1. The van der Waals surface area contributed by atoms with Crippen LogP contribution in [0.3, 0.4) is 0 Å². The van der Waals surface area contributed by atoms with Crippen molar-refractivity contribution in [2.24, 2.45) is 5.41 Å². The number of fused-ring (bicyclic) bond motifs is 1. The fourth-order valence-corrected chi connectivity index (χ4v) is 3.95. The average Bonchev–Trinajstić information content (AvgIpc) is 3.21. The summed E-state index contributed by atoms with van der Waals surface area (Å²) < 4.78 is 0. The summed E-state index contributed by atoms with van der Waals surface area (Å²) in [7, 11) is 0. The van der Waals surface area contributed by atoms with Crippen LogP contribution in [0.1, 0.15) is 19.3 Å². The highest BCUT2D eigenvalue weighted by Gasteiger charge is 2.41. The molecule has 1 saturated carbocycles. The SMILES string of the molecule is OCCC1(CNc2ncnc3sc(-c4ccccc4)cc23)CC1. The number of hydrogen-bond acceptors (Lipinski definition) is 5. The lowest BCUT2D eigenvalue weighted by molar-refractivity contribution is 0.253. The third kappa shape index (κ3) is 2.94. The van der Waals surface area contributed by atoms with Crippen LogP contribution < -0.4 is 5.32 Å². The molecular weight excluding hydrogens is 306 g/mol. The van der Waals surface area contributed by atoms with E-state index >= 15 is 0 Å². The van der Waals surface area contributed by atoms with Crippen molar-refractivity contribution in [3.05, 3.63) is 42.7 Å². The van der Waals surface area contributed by atoms with Crippen LogP contribution in [0.2, 0.25) is 0 Å². The van der Waals surface area contributed by atoms with Crippen molar-refractivity contribution in [2.75, 3.05) is 18.5 Å². The Bertz CT molecular complexity index is 812. The van der Waals surface area contributed by atoms with E-state index < -0.39 is 0 Å². The van der Waals surface area contributed by atoms with E-state index in [-0.39, 0.29) is 12.0 Å². The first kappa shape index (κ1) is 14.6. The number of benzene rings is 1. The van der Waals surface area contributed by atoms with Crippen LogP contribution in [0.4, 0.5) is 5.82 Å². The molecule has 0 atom stereocenters. The molecule has 1 aliphatic rings. The van der Waals surface area contributed by atoms with Gasteiger partial charge in [0.25, 0.3) is 0 Å². The quantitative estimate of drug-likeness (QED) is 0.721. The minimum atomic E-state index is 0.261. The molecule has 0 unspecified atom stereocenters. The topological polar surface area (TPSA) is 58.0 Å². The third-order valence-electron chi connectivity index (χ3n) is 4.62. The molecule has 0 aliphatic heterocycles. The second-order valence-electron chi connectivity index (χ2n) is 6.24. The maximum absolute atomic E-state index is 9.19. The molecule has 23 heavy (non-hydrogen) atoms. The molecule has 0 bridgehead atoms. The molecule has 118 valence electrons. The molecule has 1 aliphatic carbocycles. The molecular formula is C18H19N3OS. The first-order valence-electron chi connectivity index (χ1n) is 7.94. The van der Waals surface area contributed by atoms with Gasteiger partial charge in [-0.25, -0.2) is 9.97 Å². The standard InChI is InChI=1S/C18H19N3OS/c22-9-8-18(6-7-18)11-19-16-14-10-15(13-4-2-1-3-5-13)23-17(14)21-12-20-16/h1-5,10,12,22H,6-9,11H2,(H,19,20,21). The maximum atomic E-state index is 9.19. The lowest BCUT2D eigenvalue weighted by atomic mass is 10.0. The van der Waals surface area contributed by atoms with Crippen molar-refractivity contribution in [3.63, 3.8) is 0 Å². The summed E-state index contributed by atoms with van der Waals surface area (Å²) >= 11 is 1.69. The van der Waals surface area contributed by atoms with Crippen molar-refractivity contribution < 1.29 is 5.11 Å². The molecule has 2 heterocycles. The predicted molar refractivity (Wildman–Crippen MR) is 94.7 cm³/mol. The highest BCUT2D eigenvalue weighted by Crippen LogP contribution is 2.48. The minimum Gasteiger partial charge on any atom is -0.396 e. The van der Waals surface area contributed by atoms with Gasteiger partial charge in [0.05, 0.1) is 5.39 Å². The minimum absolute atomic E-state index is 0.261. The molecule has 1 aromatic carbocycles. The summed E-state index contributed by atoms with van der Waals surface area (Å²) in [5, 5.41) is 13.8. The maximum Gasteiger partial charge on any atom is 0.138 e. The number of anilines is 1. The number of aromatic nitrogens is 2. The van der Waals surface area contributed by atoms with Crippen LogP contribution in [-0.4, -0.2) is 28.2 Å². The van der Waals surface area contributed by atoms with Gasteiger partial charge in [-0.15, -0.1) is 11.3 Å². The molecule has 1 fully saturated rings. The van der Waals surface area contributed by atoms with Crippen LogP contribution >= 0.6 is 11.3 Å². The summed E-state index contributed by atoms with van der Waals surface area (Å²) in [6.07, 6.45) is 4.87. The highest BCUT2D eigenvalue weighted by molar-refractivity contribution is 7.21. The van der Waals surface area contributed by atoms with E-state index in [0.717, 1.165) is 29.0 Å². The van der Waals surface area contributed by atoms with Gasteiger partial charge in [-0.05, 0) is 36.3 Å². The van der Waals surface area contributed by atoms with Gasteiger partial charge in [0.2, 0.25) is 0 Å². The van der Waals surface area contributed by atoms with Crippen molar-refractivity contribution in [3.8, 4) is 10.4 Å². The second-order valence-corrected chi connectivity index (χ2v) is 7.28. The largest absolute Gasteiger partial charge is 0.396 e. The Balaban J connectivity index is 1.62. The zero-order valence-electron chi connectivity index (χ0n) is 12.8. The number of hydrogen-bond donors (Lipinski definition) is 2. The van der Waals surface area contributed by atoms with Crippen molar-refractivity contribution in [1.82, 2.24) is 9.97 Å². The molecule has 2 N–H and O–H groups in total. The summed E-state index contributed by atoms with van der Waals surface area (Å²) in [5.41, 5.74) is 1.48. The van der Waals surface area contributed by atoms with Gasteiger partial charge in [0, 0.05) is 18.0 Å². The Hall–Kier alpha value is -1.98. The molecule has 0 amide bonds. The molecule has 0 radical (unpaired) electrons. The van der Waals surface area contributed by atoms with E-state index in [4.69, 9.17) is 0 Å². The van der Waals surface area contributed by atoms with E-state index in [2.05, 4.69) is 45.6 Å². The van der Waals surface area contributed by atoms with Gasteiger partial charge < -0.3 is 10.4 Å². The second kappa shape index (κ2) is 5.91. The van der Waals surface area contributed by atoms with Crippen molar-refractivity contribution >= 4 is 27.4 Å². The summed E-state index contributed by atoms with van der Waals surface area (Å²) in [5.74, 6) is 0.901. The zero-order chi connectivity index (χ0) is 15.7. The van der Waals surface area contributed by atoms with Gasteiger partial charge in [-0.2, -0.15) is 0 Å². The van der Waals surface area contributed by atoms with Crippen LogP contribution in [0.15, 0.2) is 42.7 Å². The average molecular weight is 325 g/mol. The van der Waals surface area contributed by atoms with Crippen LogP contribution in [-0.2, 0) is 0 Å². The van der Waals surface area contributed by atoms with Gasteiger partial charge in [0.1, 0.15) is 17.0 Å². The Morgan fingerprint density at radius 2 is 2.00 bits per heavy atom. The van der Waals surface area contributed by atoms with Crippen LogP contribution in [0.25, 0.3) is 20.7 Å². The van der Waals surface area contributed by atoms with Gasteiger partial charge in [-0.1, -0.05) is 30.3 Å². The molecule has 5 heteroatoms. The van der Waals surface area contributed by atoms with Crippen LogP contribution in [0.5, 0.6) is 0 Å². The summed E-state index contributed by atoms with van der Waals surface area (Å²) in [4.78, 5) is 11.1. The molecule has 4 nitrogen and oxygen atoms in total. The van der Waals surface area contributed by atoms with E-state index in [1.165, 1.54) is 23.3 Å². The Morgan fingerprint density at radius 1 is 1.17 bits per heavy atom. The first-order valence-corrected chi connectivity index (χ1v) is 8.76. The van der Waals surface area contributed by atoms with E-state index in [1.54, 1.807) is 17.7 Å². The number of rotatable bonds is 6. The zero-order valence-corrected chi connectivity index (χ0v) is 13.6. The molecule has 4 rings (SSSR count). The first-order chi connectivity index (χ1) is 11.3. The Labute approximate surface area is 139 Å².